The van der Waals surface area contributed by atoms with Crippen LogP contribution < -0.4 is 10.6 Å². The number of nitrogens with zero attached hydrogens (tertiary/aromatic N) is 6. The lowest BCUT2D eigenvalue weighted by Gasteiger charge is -2.11. The lowest BCUT2D eigenvalue weighted by Crippen LogP contribution is -2.10. The molecule has 0 aliphatic carbocycles. The molecule has 0 fully saturated rings. The molecule has 0 bridgehead atoms. The molecule has 1 aromatic carbocycles. The van der Waals surface area contributed by atoms with Crippen molar-refractivity contribution >= 4 is 17.7 Å². The highest BCUT2D eigenvalue weighted by Gasteiger charge is 2.10. The molecule has 0 saturated carbocycles. The number of aliphatic hydroxyl groups excluding tert-OH is 1. The van der Waals surface area contributed by atoms with Crippen molar-refractivity contribution in [3.8, 4) is 11.1 Å². The molecule has 30 heavy (non-hydrogen) atoms. The summed E-state index contributed by atoms with van der Waals surface area (Å²) in [5.41, 5.74) is 3.02. The first kappa shape index (κ1) is 19.5. The lowest BCUT2D eigenvalue weighted by molar-refractivity contribution is 0.277. The molecule has 0 saturated heterocycles. The quantitative estimate of drug-likeness (QED) is 0.411. The van der Waals surface area contributed by atoms with Crippen molar-refractivity contribution < 1.29 is 9.50 Å². The van der Waals surface area contributed by atoms with Gasteiger partial charge in [-0.25, -0.2) is 14.4 Å². The van der Waals surface area contributed by atoms with E-state index in [2.05, 4.69) is 30.7 Å². The Balaban J connectivity index is 1.47. The third kappa shape index (κ3) is 4.44. The SMILES string of the molecule is Cn1cc(-c2cccc(CNc3nc(Nc4nccn4CCO)ncc3F)c2)cn1. The summed E-state index contributed by atoms with van der Waals surface area (Å²) in [4.78, 5) is 12.3. The number of benzene rings is 1. The van der Waals surface area contributed by atoms with Gasteiger partial charge in [-0.1, -0.05) is 18.2 Å². The fraction of sp³-hybridized carbons (Fsp3) is 0.200. The average molecular weight is 408 g/mol. The fourth-order valence-electron chi connectivity index (χ4n) is 2.99. The Labute approximate surface area is 172 Å². The number of aryl methyl sites for hydroxylation is 1. The second kappa shape index (κ2) is 8.70. The summed E-state index contributed by atoms with van der Waals surface area (Å²) in [6.45, 7) is 0.739. The largest absolute Gasteiger partial charge is 0.395 e. The van der Waals surface area contributed by atoms with Gasteiger partial charge in [0.25, 0.3) is 0 Å². The second-order valence-corrected chi connectivity index (χ2v) is 6.64. The Hall–Kier alpha value is -3.79. The van der Waals surface area contributed by atoms with Gasteiger partial charge in [0.2, 0.25) is 11.9 Å². The maximum atomic E-state index is 14.2. The van der Waals surface area contributed by atoms with Crippen molar-refractivity contribution in [2.45, 2.75) is 13.1 Å². The molecular formula is C20H21FN8O. The maximum Gasteiger partial charge on any atom is 0.231 e. The minimum Gasteiger partial charge on any atom is -0.395 e. The Kier molecular flexibility index (Phi) is 5.66. The summed E-state index contributed by atoms with van der Waals surface area (Å²) in [6, 6.07) is 7.93. The first-order valence-electron chi connectivity index (χ1n) is 9.36. The number of aliphatic hydroxyl groups is 1. The fourth-order valence-corrected chi connectivity index (χ4v) is 2.99. The number of halogens is 1. The van der Waals surface area contributed by atoms with Crippen LogP contribution in [0.1, 0.15) is 5.56 Å². The van der Waals surface area contributed by atoms with Crippen molar-refractivity contribution in [1.29, 1.82) is 0 Å². The van der Waals surface area contributed by atoms with E-state index in [0.717, 1.165) is 22.9 Å². The Morgan fingerprint density at radius 3 is 2.87 bits per heavy atom. The Bertz CT molecular complexity index is 1140. The van der Waals surface area contributed by atoms with Gasteiger partial charge in [0.05, 0.1) is 19.0 Å². The predicted octanol–water partition coefficient (Wildman–Crippen LogP) is 2.56. The van der Waals surface area contributed by atoms with E-state index in [0.29, 0.717) is 19.0 Å². The predicted molar refractivity (Wildman–Crippen MR) is 111 cm³/mol. The molecule has 3 aromatic heterocycles. The minimum atomic E-state index is -0.553. The molecule has 3 N–H and O–H groups in total. The molecule has 4 aromatic rings. The molecule has 0 aliphatic heterocycles. The highest BCUT2D eigenvalue weighted by atomic mass is 19.1. The van der Waals surface area contributed by atoms with Crippen LogP contribution in [0.25, 0.3) is 11.1 Å². The molecule has 0 aliphatic rings. The average Bonchev–Trinajstić information content (AvgIpc) is 3.38. The van der Waals surface area contributed by atoms with Gasteiger partial charge in [-0.05, 0) is 17.2 Å². The number of aromatic nitrogens is 6. The van der Waals surface area contributed by atoms with Gasteiger partial charge in [-0.15, -0.1) is 0 Å². The molecule has 154 valence electrons. The summed E-state index contributed by atoms with van der Waals surface area (Å²) in [7, 11) is 1.87. The maximum absolute atomic E-state index is 14.2. The number of imidazole rings is 1. The van der Waals surface area contributed by atoms with Crippen molar-refractivity contribution in [2.75, 3.05) is 17.2 Å². The van der Waals surface area contributed by atoms with E-state index < -0.39 is 5.82 Å². The van der Waals surface area contributed by atoms with Crippen LogP contribution in [0.3, 0.4) is 0 Å². The standard InChI is InChI=1S/C20H21FN8O/c1-28-13-16(11-25-28)15-4-2-3-14(9-15)10-23-18-17(21)12-24-19(26-18)27-20-22-5-6-29(20)7-8-30/h2-6,9,11-13,30H,7-8,10H2,1H3,(H2,22,23,24,26,27). The van der Waals surface area contributed by atoms with Gasteiger partial charge >= 0.3 is 0 Å². The van der Waals surface area contributed by atoms with Crippen molar-refractivity contribution in [2.24, 2.45) is 7.05 Å². The smallest absolute Gasteiger partial charge is 0.231 e. The molecule has 0 atom stereocenters. The van der Waals surface area contributed by atoms with E-state index in [1.807, 2.05) is 37.5 Å². The molecule has 0 spiro atoms. The molecule has 0 radical (unpaired) electrons. The number of hydrogen-bond acceptors (Lipinski definition) is 7. The first-order chi connectivity index (χ1) is 14.6. The van der Waals surface area contributed by atoms with E-state index in [1.165, 1.54) is 0 Å². The van der Waals surface area contributed by atoms with E-state index in [-0.39, 0.29) is 18.4 Å². The molecular weight excluding hydrogens is 387 g/mol. The number of hydrogen-bond donors (Lipinski definition) is 3. The van der Waals surface area contributed by atoms with Crippen LogP contribution in [0.5, 0.6) is 0 Å². The minimum absolute atomic E-state index is 0.0276. The highest BCUT2D eigenvalue weighted by molar-refractivity contribution is 5.62. The summed E-state index contributed by atoms with van der Waals surface area (Å²) >= 11 is 0. The zero-order valence-electron chi connectivity index (χ0n) is 16.3. The van der Waals surface area contributed by atoms with Gasteiger partial charge in [0, 0.05) is 44.3 Å². The monoisotopic (exact) mass is 408 g/mol. The lowest BCUT2D eigenvalue weighted by atomic mass is 10.1. The third-order valence-corrected chi connectivity index (χ3v) is 4.45. The Morgan fingerprint density at radius 2 is 2.07 bits per heavy atom. The van der Waals surface area contributed by atoms with Crippen LogP contribution in [0.2, 0.25) is 0 Å². The Morgan fingerprint density at radius 1 is 1.17 bits per heavy atom. The summed E-state index contributed by atoms with van der Waals surface area (Å²) in [5.74, 6) is 0.196. The van der Waals surface area contributed by atoms with Gasteiger partial charge in [-0.3, -0.25) is 10.00 Å². The normalized spacial score (nSPS) is 10.9. The molecule has 0 amide bonds. The van der Waals surface area contributed by atoms with Crippen LogP contribution >= 0.6 is 0 Å². The molecule has 9 nitrogen and oxygen atoms in total. The van der Waals surface area contributed by atoms with Crippen LogP contribution in [-0.2, 0) is 20.1 Å². The number of rotatable bonds is 8. The topological polar surface area (TPSA) is 106 Å². The van der Waals surface area contributed by atoms with E-state index >= 15 is 0 Å². The van der Waals surface area contributed by atoms with Crippen LogP contribution in [0.4, 0.5) is 22.1 Å². The third-order valence-electron chi connectivity index (χ3n) is 4.45. The number of anilines is 3. The van der Waals surface area contributed by atoms with E-state index in [4.69, 9.17) is 5.11 Å². The first-order valence-corrected chi connectivity index (χ1v) is 9.36. The van der Waals surface area contributed by atoms with E-state index in [9.17, 15) is 4.39 Å². The second-order valence-electron chi connectivity index (χ2n) is 6.64. The van der Waals surface area contributed by atoms with Gasteiger partial charge < -0.3 is 15.0 Å². The molecule has 0 unspecified atom stereocenters. The highest BCUT2D eigenvalue weighted by Crippen LogP contribution is 2.21. The van der Waals surface area contributed by atoms with Gasteiger partial charge in [-0.2, -0.15) is 10.1 Å². The zero-order valence-corrected chi connectivity index (χ0v) is 16.3. The van der Waals surface area contributed by atoms with Crippen molar-refractivity contribution in [1.82, 2.24) is 29.3 Å². The van der Waals surface area contributed by atoms with Crippen LogP contribution in [-0.4, -0.2) is 41.0 Å². The summed E-state index contributed by atoms with van der Waals surface area (Å²) in [6.07, 6.45) is 8.15. The van der Waals surface area contributed by atoms with Crippen molar-refractivity contribution in [3.05, 3.63) is 66.6 Å². The molecule has 10 heteroatoms. The number of nitrogens with one attached hydrogen (secondary N) is 2. The molecule has 3 heterocycles. The van der Waals surface area contributed by atoms with E-state index in [1.54, 1.807) is 27.8 Å². The zero-order chi connectivity index (χ0) is 20.9. The summed E-state index contributed by atoms with van der Waals surface area (Å²) in [5, 5.41) is 19.3. The van der Waals surface area contributed by atoms with Crippen LogP contribution in [0, 0.1) is 5.82 Å². The summed E-state index contributed by atoms with van der Waals surface area (Å²) < 4.78 is 17.7. The molecule has 4 rings (SSSR count). The van der Waals surface area contributed by atoms with Crippen LogP contribution in [0.15, 0.2) is 55.2 Å². The van der Waals surface area contributed by atoms with Crippen molar-refractivity contribution in [3.63, 3.8) is 0 Å². The van der Waals surface area contributed by atoms with Gasteiger partial charge in [0.1, 0.15) is 0 Å². The van der Waals surface area contributed by atoms with Gasteiger partial charge in [0.15, 0.2) is 11.6 Å².